The van der Waals surface area contributed by atoms with E-state index in [1.165, 1.54) is 7.11 Å². The summed E-state index contributed by atoms with van der Waals surface area (Å²) < 4.78 is 4.83. The number of amides is 1. The molecule has 132 valence electrons. The molecular formula is C20H19N3O3. The average Bonchev–Trinajstić information content (AvgIpc) is 2.67. The third kappa shape index (κ3) is 3.85. The summed E-state index contributed by atoms with van der Waals surface area (Å²) in [6.45, 7) is 1.72. The number of rotatable bonds is 5. The van der Waals surface area contributed by atoms with Crippen molar-refractivity contribution in [1.82, 2.24) is 15.3 Å². The Morgan fingerprint density at radius 1 is 1.00 bits per heavy atom. The van der Waals surface area contributed by atoms with E-state index in [9.17, 15) is 9.59 Å². The Hall–Kier alpha value is -3.28. The molecule has 3 aromatic rings. The number of methoxy groups -OCH3 is 1. The quantitative estimate of drug-likeness (QED) is 0.716. The number of fused-ring (bicyclic) bond motifs is 1. The topological polar surface area (TPSA) is 81.2 Å². The molecule has 0 aliphatic carbocycles. The number of aromatic nitrogens is 2. The van der Waals surface area contributed by atoms with Crippen LogP contribution in [0.4, 0.5) is 0 Å². The van der Waals surface area contributed by atoms with Crippen LogP contribution in [0.15, 0.2) is 54.6 Å². The lowest BCUT2D eigenvalue weighted by atomic mass is 10.1. The fraction of sp³-hybridized carbons (Fsp3) is 0.200. The molecule has 6 nitrogen and oxygen atoms in total. The predicted molar refractivity (Wildman–Crippen MR) is 97.7 cm³/mol. The van der Waals surface area contributed by atoms with Gasteiger partial charge in [-0.05, 0) is 24.6 Å². The maximum atomic E-state index is 12.7. The van der Waals surface area contributed by atoms with E-state index in [-0.39, 0.29) is 5.69 Å². The van der Waals surface area contributed by atoms with Gasteiger partial charge in [-0.15, -0.1) is 0 Å². The van der Waals surface area contributed by atoms with Crippen molar-refractivity contribution in [2.75, 3.05) is 7.11 Å². The van der Waals surface area contributed by atoms with E-state index < -0.39 is 17.9 Å². The zero-order valence-electron chi connectivity index (χ0n) is 14.6. The Balaban J connectivity index is 1.85. The normalized spacial score (nSPS) is 11.8. The molecule has 1 amide bonds. The number of carbonyl (C=O) groups excluding carboxylic acids is 2. The van der Waals surface area contributed by atoms with Gasteiger partial charge < -0.3 is 10.1 Å². The van der Waals surface area contributed by atoms with Gasteiger partial charge in [0.1, 0.15) is 11.7 Å². The number of hydrogen-bond acceptors (Lipinski definition) is 5. The van der Waals surface area contributed by atoms with Crippen molar-refractivity contribution in [3.63, 3.8) is 0 Å². The van der Waals surface area contributed by atoms with Gasteiger partial charge in [0.2, 0.25) is 0 Å². The summed E-state index contributed by atoms with van der Waals surface area (Å²) in [6.07, 6.45) is 0.333. The second kappa shape index (κ2) is 7.74. The molecule has 0 spiro atoms. The highest BCUT2D eigenvalue weighted by Crippen LogP contribution is 2.13. The van der Waals surface area contributed by atoms with Gasteiger partial charge in [0, 0.05) is 6.42 Å². The second-order valence-corrected chi connectivity index (χ2v) is 5.89. The summed E-state index contributed by atoms with van der Waals surface area (Å²) in [7, 11) is 1.30. The molecular weight excluding hydrogens is 330 g/mol. The molecule has 0 aliphatic heterocycles. The monoisotopic (exact) mass is 349 g/mol. The molecule has 0 fully saturated rings. The van der Waals surface area contributed by atoms with E-state index in [0.717, 1.165) is 11.1 Å². The van der Waals surface area contributed by atoms with Gasteiger partial charge in [0.25, 0.3) is 5.91 Å². The molecule has 2 aromatic carbocycles. The summed E-state index contributed by atoms with van der Waals surface area (Å²) in [6, 6.07) is 16.0. The van der Waals surface area contributed by atoms with Gasteiger partial charge in [-0.1, -0.05) is 42.5 Å². The number of aryl methyl sites for hydroxylation is 1. The largest absolute Gasteiger partial charge is 0.467 e. The maximum Gasteiger partial charge on any atom is 0.328 e. The number of para-hydroxylation sites is 2. The van der Waals surface area contributed by atoms with Crippen LogP contribution >= 0.6 is 0 Å². The molecule has 1 N–H and O–H groups in total. The maximum absolute atomic E-state index is 12.7. The molecule has 0 aliphatic rings. The van der Waals surface area contributed by atoms with Crippen LogP contribution < -0.4 is 5.32 Å². The lowest BCUT2D eigenvalue weighted by Gasteiger charge is -2.17. The first-order valence-corrected chi connectivity index (χ1v) is 8.24. The van der Waals surface area contributed by atoms with Gasteiger partial charge in [0.15, 0.2) is 0 Å². The second-order valence-electron chi connectivity index (χ2n) is 5.89. The van der Waals surface area contributed by atoms with Gasteiger partial charge in [-0.2, -0.15) is 0 Å². The van der Waals surface area contributed by atoms with Crippen LogP contribution in [0.5, 0.6) is 0 Å². The lowest BCUT2D eigenvalue weighted by molar-refractivity contribution is -0.142. The highest BCUT2D eigenvalue weighted by molar-refractivity contribution is 5.97. The number of ether oxygens (including phenoxy) is 1. The highest BCUT2D eigenvalue weighted by atomic mass is 16.5. The summed E-state index contributed by atoms with van der Waals surface area (Å²) in [4.78, 5) is 33.6. The van der Waals surface area contributed by atoms with Crippen molar-refractivity contribution >= 4 is 22.9 Å². The van der Waals surface area contributed by atoms with E-state index in [2.05, 4.69) is 15.3 Å². The Kier molecular flexibility index (Phi) is 5.22. The van der Waals surface area contributed by atoms with E-state index in [0.29, 0.717) is 17.6 Å². The standard InChI is InChI=1S/C20H19N3O3/c1-13-18(22-16-11-7-6-10-15(16)21-13)19(24)23-17(20(25)26-2)12-14-8-4-3-5-9-14/h3-11,17H,12H2,1-2H3,(H,23,24). The Morgan fingerprint density at radius 2 is 1.62 bits per heavy atom. The van der Waals surface area contributed by atoms with Gasteiger partial charge in [-0.3, -0.25) is 4.79 Å². The van der Waals surface area contributed by atoms with Crippen LogP contribution in [0.1, 0.15) is 21.7 Å². The molecule has 1 unspecified atom stereocenters. The highest BCUT2D eigenvalue weighted by Gasteiger charge is 2.24. The van der Waals surface area contributed by atoms with Crippen LogP contribution in [0, 0.1) is 6.92 Å². The van der Waals surface area contributed by atoms with E-state index in [1.54, 1.807) is 13.0 Å². The Labute approximate surface area is 151 Å². The number of carbonyl (C=O) groups is 2. The minimum absolute atomic E-state index is 0.200. The molecule has 0 saturated heterocycles. The van der Waals surface area contributed by atoms with E-state index in [1.807, 2.05) is 48.5 Å². The van der Waals surface area contributed by atoms with Gasteiger partial charge >= 0.3 is 5.97 Å². The lowest BCUT2D eigenvalue weighted by Crippen LogP contribution is -2.43. The smallest absolute Gasteiger partial charge is 0.328 e. The van der Waals surface area contributed by atoms with Crippen molar-refractivity contribution in [3.05, 3.63) is 71.5 Å². The number of hydrogen-bond donors (Lipinski definition) is 1. The number of nitrogens with one attached hydrogen (secondary N) is 1. The van der Waals surface area contributed by atoms with Crippen molar-refractivity contribution in [3.8, 4) is 0 Å². The fourth-order valence-corrected chi connectivity index (χ4v) is 2.72. The minimum Gasteiger partial charge on any atom is -0.467 e. The molecule has 3 rings (SSSR count). The van der Waals surface area contributed by atoms with Crippen molar-refractivity contribution < 1.29 is 14.3 Å². The van der Waals surface area contributed by atoms with Crippen LogP contribution in [0.2, 0.25) is 0 Å². The summed E-state index contributed by atoms with van der Waals surface area (Å²) in [5.41, 5.74) is 2.97. The van der Waals surface area contributed by atoms with Gasteiger partial charge in [0.05, 0.1) is 23.8 Å². The zero-order valence-corrected chi connectivity index (χ0v) is 14.6. The van der Waals surface area contributed by atoms with Crippen molar-refractivity contribution in [2.45, 2.75) is 19.4 Å². The Bertz CT molecular complexity index is 941. The molecule has 1 atom stereocenters. The number of nitrogens with zero attached hydrogens (tertiary/aromatic N) is 2. The van der Waals surface area contributed by atoms with Gasteiger partial charge in [-0.25, -0.2) is 14.8 Å². The fourth-order valence-electron chi connectivity index (χ4n) is 2.72. The summed E-state index contributed by atoms with van der Waals surface area (Å²) in [5, 5.41) is 2.72. The molecule has 6 heteroatoms. The van der Waals surface area contributed by atoms with Crippen LogP contribution in [0.25, 0.3) is 11.0 Å². The summed E-state index contributed by atoms with van der Waals surface area (Å²) >= 11 is 0. The SMILES string of the molecule is COC(=O)C(Cc1ccccc1)NC(=O)c1nc2ccccc2nc1C. The number of benzene rings is 2. The van der Waals surface area contributed by atoms with Crippen LogP contribution in [-0.4, -0.2) is 35.0 Å². The molecule has 0 bridgehead atoms. The first kappa shape index (κ1) is 17.5. The number of esters is 1. The Morgan fingerprint density at radius 3 is 2.27 bits per heavy atom. The van der Waals surface area contributed by atoms with Crippen LogP contribution in [0.3, 0.4) is 0 Å². The third-order valence-electron chi connectivity index (χ3n) is 4.03. The third-order valence-corrected chi connectivity index (χ3v) is 4.03. The van der Waals surface area contributed by atoms with Crippen LogP contribution in [-0.2, 0) is 16.0 Å². The van der Waals surface area contributed by atoms with Crippen molar-refractivity contribution in [2.24, 2.45) is 0 Å². The van der Waals surface area contributed by atoms with Crippen molar-refractivity contribution in [1.29, 1.82) is 0 Å². The molecule has 1 heterocycles. The molecule has 0 saturated carbocycles. The molecule has 1 aromatic heterocycles. The van der Waals surface area contributed by atoms with E-state index >= 15 is 0 Å². The predicted octanol–water partition coefficient (Wildman–Crippen LogP) is 2.45. The molecule has 0 radical (unpaired) electrons. The first-order chi connectivity index (χ1) is 12.6. The van der Waals surface area contributed by atoms with E-state index in [4.69, 9.17) is 4.74 Å². The average molecular weight is 349 g/mol. The molecule has 26 heavy (non-hydrogen) atoms. The zero-order chi connectivity index (χ0) is 18.5. The first-order valence-electron chi connectivity index (χ1n) is 8.24. The summed E-state index contributed by atoms with van der Waals surface area (Å²) in [5.74, 6) is -0.958. The minimum atomic E-state index is -0.803.